The predicted molar refractivity (Wildman–Crippen MR) is 73.4 cm³/mol. The van der Waals surface area contributed by atoms with Crippen molar-refractivity contribution in [3.05, 3.63) is 28.2 Å². The van der Waals surface area contributed by atoms with Crippen LogP contribution in [0.25, 0.3) is 0 Å². The van der Waals surface area contributed by atoms with Gasteiger partial charge in [0.15, 0.2) is 0 Å². The van der Waals surface area contributed by atoms with Crippen molar-refractivity contribution in [2.45, 2.75) is 32.8 Å². The average molecular weight is 356 g/mol. The molecule has 1 aromatic carbocycles. The van der Waals surface area contributed by atoms with E-state index in [-0.39, 0.29) is 28.8 Å². The van der Waals surface area contributed by atoms with Crippen LogP contribution in [0, 0.1) is 5.92 Å². The van der Waals surface area contributed by atoms with E-state index in [2.05, 4.69) is 26.0 Å². The molecule has 0 bridgehead atoms. The van der Waals surface area contributed by atoms with Crippen molar-refractivity contribution < 1.29 is 23.0 Å². The Hall–Kier alpha value is -0.790. The van der Waals surface area contributed by atoms with Crippen LogP contribution in [0.4, 0.5) is 13.2 Å². The molecule has 0 saturated carbocycles. The highest BCUT2D eigenvalue weighted by Crippen LogP contribution is 2.31. The topological polar surface area (TPSA) is 41.5 Å². The number of ether oxygens (including phenoxy) is 1. The van der Waals surface area contributed by atoms with Crippen molar-refractivity contribution in [3.8, 4) is 5.75 Å². The Morgan fingerprint density at radius 2 is 2.00 bits per heavy atom. The van der Waals surface area contributed by atoms with Gasteiger partial charge in [-0.25, -0.2) is 0 Å². The summed E-state index contributed by atoms with van der Waals surface area (Å²) in [6, 6.07) is 4.31. The molecular formula is C13H17BrF3NO2. The van der Waals surface area contributed by atoms with E-state index in [0.717, 1.165) is 5.56 Å². The molecular weight excluding hydrogens is 339 g/mol. The first-order valence-corrected chi connectivity index (χ1v) is 6.90. The fraction of sp³-hybridized carbons (Fsp3) is 0.538. The minimum atomic E-state index is -4.71. The lowest BCUT2D eigenvalue weighted by molar-refractivity contribution is -0.274. The molecule has 0 aliphatic carbocycles. The normalized spacial score (nSPS) is 13.6. The van der Waals surface area contributed by atoms with E-state index >= 15 is 0 Å². The van der Waals surface area contributed by atoms with Gasteiger partial charge in [0, 0.05) is 12.6 Å². The standard InChI is InChI=1S/C13H17BrF3NO2/c1-8(2)11(7-19)18-6-9-3-4-12(10(14)5-9)20-13(15,16)17/h3-5,8,11,18-19H,6-7H2,1-2H3. The quantitative estimate of drug-likeness (QED) is 0.821. The first-order chi connectivity index (χ1) is 9.23. The number of hydrogen-bond donors (Lipinski definition) is 2. The molecule has 0 heterocycles. The summed E-state index contributed by atoms with van der Waals surface area (Å²) >= 11 is 3.05. The molecule has 0 spiro atoms. The maximum absolute atomic E-state index is 12.1. The summed E-state index contributed by atoms with van der Waals surface area (Å²) in [7, 11) is 0. The van der Waals surface area contributed by atoms with Crippen LogP contribution in [-0.4, -0.2) is 24.1 Å². The second-order valence-electron chi connectivity index (χ2n) is 4.73. The van der Waals surface area contributed by atoms with Gasteiger partial charge in [0.25, 0.3) is 0 Å². The molecule has 1 atom stereocenters. The molecule has 0 saturated heterocycles. The SMILES string of the molecule is CC(C)C(CO)NCc1ccc(OC(F)(F)F)c(Br)c1. The molecule has 0 aliphatic rings. The van der Waals surface area contributed by atoms with Crippen molar-refractivity contribution >= 4 is 15.9 Å². The van der Waals surface area contributed by atoms with Crippen LogP contribution < -0.4 is 10.1 Å². The van der Waals surface area contributed by atoms with E-state index < -0.39 is 6.36 Å². The first-order valence-electron chi connectivity index (χ1n) is 6.11. The molecule has 7 heteroatoms. The molecule has 114 valence electrons. The molecule has 0 aromatic heterocycles. The molecule has 0 fully saturated rings. The van der Waals surface area contributed by atoms with Gasteiger partial charge in [-0.05, 0) is 39.5 Å². The Morgan fingerprint density at radius 1 is 1.35 bits per heavy atom. The third-order valence-electron chi connectivity index (χ3n) is 2.79. The second kappa shape index (κ2) is 7.28. The van der Waals surface area contributed by atoms with Crippen molar-refractivity contribution in [1.29, 1.82) is 0 Å². The van der Waals surface area contributed by atoms with Crippen LogP contribution in [0.2, 0.25) is 0 Å². The van der Waals surface area contributed by atoms with E-state index in [0.29, 0.717) is 6.54 Å². The number of rotatable bonds is 6. The lowest BCUT2D eigenvalue weighted by Crippen LogP contribution is -2.36. The van der Waals surface area contributed by atoms with Crippen molar-refractivity contribution in [2.75, 3.05) is 6.61 Å². The van der Waals surface area contributed by atoms with E-state index in [4.69, 9.17) is 0 Å². The minimum absolute atomic E-state index is 0.00804. The second-order valence-corrected chi connectivity index (χ2v) is 5.58. The average Bonchev–Trinajstić information content (AvgIpc) is 2.31. The Kier molecular flexibility index (Phi) is 6.29. The van der Waals surface area contributed by atoms with Gasteiger partial charge in [-0.15, -0.1) is 13.2 Å². The van der Waals surface area contributed by atoms with Gasteiger partial charge in [-0.1, -0.05) is 19.9 Å². The monoisotopic (exact) mass is 355 g/mol. The van der Waals surface area contributed by atoms with Crippen molar-refractivity contribution in [1.82, 2.24) is 5.32 Å². The van der Waals surface area contributed by atoms with Gasteiger partial charge >= 0.3 is 6.36 Å². The van der Waals surface area contributed by atoms with Crippen LogP contribution >= 0.6 is 15.9 Å². The molecule has 0 radical (unpaired) electrons. The van der Waals surface area contributed by atoms with E-state index in [1.54, 1.807) is 12.1 Å². The lowest BCUT2D eigenvalue weighted by Gasteiger charge is -2.20. The fourth-order valence-electron chi connectivity index (χ4n) is 1.62. The smallest absolute Gasteiger partial charge is 0.405 e. The molecule has 2 N–H and O–H groups in total. The fourth-order valence-corrected chi connectivity index (χ4v) is 2.13. The zero-order chi connectivity index (χ0) is 15.3. The molecule has 20 heavy (non-hydrogen) atoms. The van der Waals surface area contributed by atoms with Crippen LogP contribution in [0.5, 0.6) is 5.75 Å². The molecule has 0 aliphatic heterocycles. The number of nitrogens with one attached hydrogen (secondary N) is 1. The Labute approximate surface area is 124 Å². The molecule has 1 rings (SSSR count). The summed E-state index contributed by atoms with van der Waals surface area (Å²) in [6.07, 6.45) is -4.71. The summed E-state index contributed by atoms with van der Waals surface area (Å²) in [5, 5.41) is 12.3. The largest absolute Gasteiger partial charge is 0.573 e. The van der Waals surface area contributed by atoms with Gasteiger partial charge in [0.2, 0.25) is 0 Å². The Morgan fingerprint density at radius 3 is 2.45 bits per heavy atom. The zero-order valence-electron chi connectivity index (χ0n) is 11.2. The number of halogens is 4. The van der Waals surface area contributed by atoms with E-state index in [1.165, 1.54) is 6.07 Å². The van der Waals surface area contributed by atoms with Crippen LogP contribution in [0.3, 0.4) is 0 Å². The van der Waals surface area contributed by atoms with Gasteiger partial charge in [0.05, 0.1) is 11.1 Å². The van der Waals surface area contributed by atoms with Crippen molar-refractivity contribution in [2.24, 2.45) is 5.92 Å². The highest BCUT2D eigenvalue weighted by Gasteiger charge is 2.31. The van der Waals surface area contributed by atoms with E-state index in [9.17, 15) is 18.3 Å². The maximum Gasteiger partial charge on any atom is 0.573 e. The van der Waals surface area contributed by atoms with Gasteiger partial charge in [-0.3, -0.25) is 0 Å². The Bertz CT molecular complexity index is 438. The minimum Gasteiger partial charge on any atom is -0.405 e. The van der Waals surface area contributed by atoms with Crippen molar-refractivity contribution in [3.63, 3.8) is 0 Å². The molecule has 0 amide bonds. The highest BCUT2D eigenvalue weighted by atomic mass is 79.9. The van der Waals surface area contributed by atoms with Gasteiger partial charge < -0.3 is 15.2 Å². The maximum atomic E-state index is 12.1. The van der Waals surface area contributed by atoms with Crippen LogP contribution in [-0.2, 0) is 6.54 Å². The number of aliphatic hydroxyl groups is 1. The lowest BCUT2D eigenvalue weighted by atomic mass is 10.1. The molecule has 1 unspecified atom stereocenters. The Balaban J connectivity index is 2.68. The van der Waals surface area contributed by atoms with Gasteiger partial charge in [-0.2, -0.15) is 0 Å². The number of benzene rings is 1. The predicted octanol–water partition coefficient (Wildman–Crippen LogP) is 3.45. The van der Waals surface area contributed by atoms with E-state index in [1.807, 2.05) is 13.8 Å². The molecule has 3 nitrogen and oxygen atoms in total. The summed E-state index contributed by atoms with van der Waals surface area (Å²) in [5.41, 5.74) is 0.797. The van der Waals surface area contributed by atoms with Gasteiger partial charge in [0.1, 0.15) is 5.75 Å². The van der Waals surface area contributed by atoms with Crippen LogP contribution in [0.1, 0.15) is 19.4 Å². The third kappa shape index (κ3) is 5.68. The first kappa shape index (κ1) is 17.3. The van der Waals surface area contributed by atoms with Crippen LogP contribution in [0.15, 0.2) is 22.7 Å². The third-order valence-corrected chi connectivity index (χ3v) is 3.41. The summed E-state index contributed by atoms with van der Waals surface area (Å²) in [6.45, 7) is 4.41. The highest BCUT2D eigenvalue weighted by molar-refractivity contribution is 9.10. The number of hydrogen-bond acceptors (Lipinski definition) is 3. The zero-order valence-corrected chi connectivity index (χ0v) is 12.8. The summed E-state index contributed by atoms with van der Waals surface area (Å²) in [4.78, 5) is 0. The number of alkyl halides is 3. The molecule has 1 aromatic rings. The summed E-state index contributed by atoms with van der Waals surface area (Å²) in [5.74, 6) is -0.0138. The number of aliphatic hydroxyl groups excluding tert-OH is 1. The summed E-state index contributed by atoms with van der Waals surface area (Å²) < 4.78 is 40.5.